The van der Waals surface area contributed by atoms with Crippen LogP contribution in [0.1, 0.15) is 5.48 Å². The third-order valence-corrected chi connectivity index (χ3v) is 3.42. The summed E-state index contributed by atoms with van der Waals surface area (Å²) in [6.45, 7) is 0. The van der Waals surface area contributed by atoms with E-state index < -0.39 is 44.8 Å². The number of sulfonamides is 1. The van der Waals surface area contributed by atoms with Gasteiger partial charge in [0.25, 0.3) is 10.0 Å². The molecule has 0 aliphatic rings. The van der Waals surface area contributed by atoms with Crippen LogP contribution < -0.4 is 19.9 Å². The van der Waals surface area contributed by atoms with Gasteiger partial charge in [-0.2, -0.15) is 9.97 Å². The molecule has 0 atom stereocenters. The van der Waals surface area contributed by atoms with Crippen molar-refractivity contribution in [3.05, 3.63) is 30.2 Å². The van der Waals surface area contributed by atoms with Gasteiger partial charge in [-0.1, -0.05) is 0 Å². The molecule has 0 fully saturated rings. The topological polar surface area (TPSA) is 116 Å². The molecule has 2 rings (SSSR count). The summed E-state index contributed by atoms with van der Waals surface area (Å²) in [5, 5.41) is 0. The van der Waals surface area contributed by atoms with E-state index >= 15 is 0 Å². The number of methoxy groups -OCH3 is 2. The van der Waals surface area contributed by atoms with E-state index in [0.717, 1.165) is 6.07 Å². The van der Waals surface area contributed by atoms with E-state index in [9.17, 15) is 8.42 Å². The highest BCUT2D eigenvalue weighted by atomic mass is 32.2. The SMILES string of the molecule is [2H]c1c([2H])c(S(=O)(=O)Nc2cc(OC)nc(OC)n2)c([2H])c([2H])c1N. The lowest BCUT2D eigenvalue weighted by molar-refractivity contribution is 0.353. The molecule has 112 valence electrons. The first kappa shape index (κ1) is 10.2. The fourth-order valence-electron chi connectivity index (χ4n) is 1.29. The molecule has 1 heterocycles. The smallest absolute Gasteiger partial charge is 0.321 e. The van der Waals surface area contributed by atoms with Crippen LogP contribution in [-0.2, 0) is 10.0 Å². The zero-order valence-corrected chi connectivity index (χ0v) is 11.9. The summed E-state index contributed by atoms with van der Waals surface area (Å²) >= 11 is 0. The van der Waals surface area contributed by atoms with E-state index in [1.54, 1.807) is 0 Å². The maximum absolute atomic E-state index is 12.6. The van der Waals surface area contributed by atoms with Crippen LogP contribution in [-0.4, -0.2) is 32.6 Å². The number of rotatable bonds is 5. The number of ether oxygens (including phenoxy) is 2. The maximum Gasteiger partial charge on any atom is 0.321 e. The van der Waals surface area contributed by atoms with Crippen molar-refractivity contribution in [2.45, 2.75) is 4.90 Å². The van der Waals surface area contributed by atoms with Crippen molar-refractivity contribution in [3.8, 4) is 11.9 Å². The van der Waals surface area contributed by atoms with Gasteiger partial charge in [0, 0.05) is 11.8 Å². The van der Waals surface area contributed by atoms with E-state index in [0.29, 0.717) is 0 Å². The molecule has 0 saturated carbocycles. The zero-order valence-electron chi connectivity index (χ0n) is 15.1. The quantitative estimate of drug-likeness (QED) is 0.787. The van der Waals surface area contributed by atoms with Crippen molar-refractivity contribution in [2.24, 2.45) is 0 Å². The fraction of sp³-hybridized carbons (Fsp3) is 0.167. The minimum atomic E-state index is -4.51. The average molecular weight is 314 g/mol. The Hall–Kier alpha value is -2.55. The summed E-state index contributed by atoms with van der Waals surface area (Å²) in [6.07, 6.45) is 0. The summed E-state index contributed by atoms with van der Waals surface area (Å²) in [5.74, 6) is -0.223. The number of benzene rings is 1. The Morgan fingerprint density at radius 2 is 1.86 bits per heavy atom. The van der Waals surface area contributed by atoms with Crippen LogP contribution in [0.25, 0.3) is 0 Å². The molecule has 3 N–H and O–H groups in total. The molecule has 9 heteroatoms. The molecule has 0 amide bonds. The van der Waals surface area contributed by atoms with E-state index in [4.69, 9.17) is 20.7 Å². The van der Waals surface area contributed by atoms with Crippen molar-refractivity contribution >= 4 is 21.5 Å². The van der Waals surface area contributed by atoms with Crippen LogP contribution in [0.3, 0.4) is 0 Å². The standard InChI is InChI=1S/C12H14N4O4S/c1-19-11-7-10(14-12(15-11)20-2)16-21(17,18)9-5-3-8(13)4-6-9/h3-7H,13H2,1-2H3,(H,14,15,16)/i3D,4D,5D,6D. The molecule has 0 bridgehead atoms. The van der Waals surface area contributed by atoms with Gasteiger partial charge in [0.2, 0.25) is 5.88 Å². The summed E-state index contributed by atoms with van der Waals surface area (Å²) < 4.78 is 67.7. The highest BCUT2D eigenvalue weighted by molar-refractivity contribution is 7.92. The Morgan fingerprint density at radius 3 is 2.43 bits per heavy atom. The predicted octanol–water partition coefficient (Wildman–Crippen LogP) is 0.877. The predicted molar refractivity (Wildman–Crippen MR) is 76.8 cm³/mol. The van der Waals surface area contributed by atoms with E-state index in [1.807, 2.05) is 0 Å². The van der Waals surface area contributed by atoms with Crippen LogP contribution >= 0.6 is 0 Å². The van der Waals surface area contributed by atoms with Gasteiger partial charge >= 0.3 is 6.01 Å². The van der Waals surface area contributed by atoms with Crippen LogP contribution in [0.15, 0.2) is 35.1 Å². The van der Waals surface area contributed by atoms with Crippen LogP contribution in [0, 0.1) is 0 Å². The first-order valence-corrected chi connectivity index (χ1v) is 6.96. The lowest BCUT2D eigenvalue weighted by atomic mass is 10.3. The molecule has 0 spiro atoms. The lowest BCUT2D eigenvalue weighted by Gasteiger charge is -2.09. The van der Waals surface area contributed by atoms with Gasteiger partial charge in [-0.15, -0.1) is 0 Å². The molecule has 8 nitrogen and oxygen atoms in total. The van der Waals surface area contributed by atoms with Crippen molar-refractivity contribution in [1.82, 2.24) is 9.97 Å². The Morgan fingerprint density at radius 1 is 1.19 bits per heavy atom. The largest absolute Gasteiger partial charge is 0.481 e. The molecule has 21 heavy (non-hydrogen) atoms. The average Bonchev–Trinajstić information content (AvgIpc) is 2.57. The second kappa shape index (κ2) is 5.83. The Bertz CT molecular complexity index is 888. The minimum absolute atomic E-state index is 0.0152. The maximum atomic E-state index is 12.6. The monoisotopic (exact) mass is 314 g/mol. The molecule has 2 aromatic rings. The highest BCUT2D eigenvalue weighted by Gasteiger charge is 2.16. The molecule has 0 aliphatic heterocycles. The molecule has 0 saturated heterocycles. The molecular formula is C12H14N4O4S. The molecule has 0 unspecified atom stereocenters. The molecule has 0 aliphatic carbocycles. The van der Waals surface area contributed by atoms with E-state index in [2.05, 4.69) is 14.7 Å². The normalized spacial score (nSPS) is 13.6. The van der Waals surface area contributed by atoms with Gasteiger partial charge in [0.1, 0.15) is 0 Å². The second-order valence-corrected chi connectivity index (χ2v) is 5.25. The highest BCUT2D eigenvalue weighted by Crippen LogP contribution is 2.20. The molecule has 1 aromatic carbocycles. The molecule has 1 aromatic heterocycles. The lowest BCUT2D eigenvalue weighted by Crippen LogP contribution is -2.14. The number of hydrogen-bond acceptors (Lipinski definition) is 7. The number of aromatic nitrogens is 2. The van der Waals surface area contributed by atoms with Crippen molar-refractivity contribution in [1.29, 1.82) is 0 Å². The van der Waals surface area contributed by atoms with Gasteiger partial charge in [-0.25, -0.2) is 8.42 Å². The van der Waals surface area contributed by atoms with Crippen molar-refractivity contribution in [2.75, 3.05) is 24.7 Å². The fourth-order valence-corrected chi connectivity index (χ4v) is 2.14. The second-order valence-electron chi connectivity index (χ2n) is 3.63. The number of hydrogen-bond donors (Lipinski definition) is 2. The van der Waals surface area contributed by atoms with Gasteiger partial charge in [-0.05, 0) is 24.2 Å². The Labute approximate surface area is 127 Å². The van der Waals surface area contributed by atoms with Crippen molar-refractivity contribution in [3.63, 3.8) is 0 Å². The number of anilines is 2. The zero-order chi connectivity index (χ0) is 18.9. The summed E-state index contributed by atoms with van der Waals surface area (Å²) in [4.78, 5) is 6.74. The van der Waals surface area contributed by atoms with Gasteiger partial charge in [-0.3, -0.25) is 4.72 Å². The third-order valence-electron chi connectivity index (χ3n) is 2.20. The number of nitrogens with zero attached hydrogens (tertiary/aromatic N) is 2. The van der Waals surface area contributed by atoms with Crippen LogP contribution in [0.2, 0.25) is 0 Å². The summed E-state index contributed by atoms with van der Waals surface area (Å²) in [5.41, 5.74) is 5.00. The minimum Gasteiger partial charge on any atom is -0.481 e. The Balaban J connectivity index is 2.58. The van der Waals surface area contributed by atoms with E-state index in [1.165, 1.54) is 14.2 Å². The number of nitrogens with one attached hydrogen (secondary N) is 1. The van der Waals surface area contributed by atoms with Crippen LogP contribution in [0.5, 0.6) is 11.9 Å². The molecular weight excluding hydrogens is 296 g/mol. The number of nitrogen functional groups attached to an aromatic ring is 1. The van der Waals surface area contributed by atoms with Gasteiger partial charge in [0.05, 0.1) is 24.6 Å². The van der Waals surface area contributed by atoms with Gasteiger partial charge < -0.3 is 15.2 Å². The van der Waals surface area contributed by atoms with Crippen molar-refractivity contribution < 1.29 is 23.4 Å². The first-order valence-electron chi connectivity index (χ1n) is 7.48. The summed E-state index contributed by atoms with van der Waals surface area (Å²) in [7, 11) is -1.93. The van der Waals surface area contributed by atoms with Gasteiger partial charge in [0.15, 0.2) is 5.82 Å². The third kappa shape index (κ3) is 3.51. The van der Waals surface area contributed by atoms with Crippen LogP contribution in [0.4, 0.5) is 11.5 Å². The van der Waals surface area contributed by atoms with E-state index in [-0.39, 0.29) is 17.7 Å². The number of nitrogens with two attached hydrogens (primary N) is 1. The first-order chi connectivity index (χ1) is 11.6. The Kier molecular flexibility index (Phi) is 2.84. The molecule has 0 radical (unpaired) electrons. The summed E-state index contributed by atoms with van der Waals surface area (Å²) in [6, 6.07) is -1.90.